The van der Waals surface area contributed by atoms with Crippen molar-refractivity contribution >= 4 is 29.9 Å². The predicted molar refractivity (Wildman–Crippen MR) is 144 cm³/mol. The van der Waals surface area contributed by atoms with Gasteiger partial charge in [0.05, 0.1) is 16.3 Å². The Morgan fingerprint density at radius 1 is 0.971 bits per heavy atom. The van der Waals surface area contributed by atoms with E-state index >= 15 is 0 Å². The van der Waals surface area contributed by atoms with Crippen molar-refractivity contribution in [2.45, 2.75) is 18.2 Å². The smallest absolute Gasteiger partial charge is 0.274 e. The first-order valence-corrected chi connectivity index (χ1v) is 12.6. The average molecular weight is 491 g/mol. The molecule has 0 spiro atoms. The van der Waals surface area contributed by atoms with E-state index in [4.69, 9.17) is 5.10 Å². The van der Waals surface area contributed by atoms with Gasteiger partial charge in [-0.1, -0.05) is 30.3 Å². The summed E-state index contributed by atoms with van der Waals surface area (Å²) in [6, 6.07) is 22.4. The first kappa shape index (κ1) is 24.3. The number of thiol groups is 1. The van der Waals surface area contributed by atoms with Gasteiger partial charge in [-0.2, -0.15) is 5.10 Å². The number of hydrogen-bond acceptors (Lipinski definition) is 5. The zero-order chi connectivity index (χ0) is 24.2. The molecule has 176 valence electrons. The molecular formula is C27H30N4OS2. The van der Waals surface area contributed by atoms with E-state index in [1.807, 2.05) is 62.2 Å². The molecule has 4 aromatic rings. The van der Waals surface area contributed by atoms with Crippen molar-refractivity contribution in [2.75, 3.05) is 34.2 Å². The summed E-state index contributed by atoms with van der Waals surface area (Å²) in [5, 5.41) is 4.79. The molecule has 2 heterocycles. The van der Waals surface area contributed by atoms with E-state index in [1.54, 1.807) is 16.2 Å². The molecule has 0 bridgehead atoms. The molecule has 0 atom stereocenters. The SMILES string of the molecule is Cc1ccccc1-n1nc(C(=O)N(C)CCCN(C)C)cc1-c1ccc(-c2cccc(S)c2)s1. The number of nitrogens with zero attached hydrogens (tertiary/aromatic N) is 4. The average Bonchev–Trinajstić information content (AvgIpc) is 3.46. The Labute approximate surface area is 211 Å². The fraction of sp³-hybridized carbons (Fsp3) is 0.259. The van der Waals surface area contributed by atoms with Crippen LogP contribution in [0.4, 0.5) is 0 Å². The summed E-state index contributed by atoms with van der Waals surface area (Å²) in [5.41, 5.74) is 4.57. The third kappa shape index (κ3) is 5.43. The maximum atomic E-state index is 13.2. The molecule has 7 heteroatoms. The highest BCUT2D eigenvalue weighted by molar-refractivity contribution is 7.80. The highest BCUT2D eigenvalue weighted by Crippen LogP contribution is 2.36. The number of aryl methyl sites for hydroxylation is 1. The summed E-state index contributed by atoms with van der Waals surface area (Å²) in [5.74, 6) is -0.0631. The molecule has 34 heavy (non-hydrogen) atoms. The number of hydrogen-bond donors (Lipinski definition) is 1. The van der Waals surface area contributed by atoms with Gasteiger partial charge in [0.2, 0.25) is 0 Å². The molecular weight excluding hydrogens is 460 g/mol. The molecule has 0 N–H and O–H groups in total. The van der Waals surface area contributed by atoms with E-state index in [2.05, 4.69) is 54.8 Å². The van der Waals surface area contributed by atoms with Crippen LogP contribution in [0.25, 0.3) is 26.7 Å². The fourth-order valence-electron chi connectivity index (χ4n) is 3.86. The van der Waals surface area contributed by atoms with Gasteiger partial charge in [-0.05, 0) is 81.5 Å². The molecule has 5 nitrogen and oxygen atoms in total. The Hall–Kier alpha value is -2.87. The van der Waals surface area contributed by atoms with Crippen LogP contribution in [0, 0.1) is 6.92 Å². The lowest BCUT2D eigenvalue weighted by atomic mass is 10.2. The Kier molecular flexibility index (Phi) is 7.56. The summed E-state index contributed by atoms with van der Waals surface area (Å²) in [6.07, 6.45) is 0.916. The van der Waals surface area contributed by atoms with Crippen LogP contribution in [0.2, 0.25) is 0 Å². The van der Waals surface area contributed by atoms with Crippen molar-refractivity contribution in [2.24, 2.45) is 0 Å². The first-order chi connectivity index (χ1) is 16.3. The van der Waals surface area contributed by atoms with E-state index in [0.717, 1.165) is 50.1 Å². The van der Waals surface area contributed by atoms with Crippen molar-refractivity contribution in [1.29, 1.82) is 0 Å². The molecule has 0 aliphatic heterocycles. The largest absolute Gasteiger partial charge is 0.340 e. The Balaban J connectivity index is 1.71. The number of para-hydroxylation sites is 1. The van der Waals surface area contributed by atoms with Crippen LogP contribution in [0.15, 0.2) is 71.6 Å². The van der Waals surface area contributed by atoms with Gasteiger partial charge in [-0.15, -0.1) is 24.0 Å². The minimum absolute atomic E-state index is 0.0631. The molecule has 0 unspecified atom stereocenters. The van der Waals surface area contributed by atoms with E-state index < -0.39 is 0 Å². The van der Waals surface area contributed by atoms with E-state index in [-0.39, 0.29) is 5.91 Å². The maximum Gasteiger partial charge on any atom is 0.274 e. The molecule has 0 aliphatic rings. The highest BCUT2D eigenvalue weighted by atomic mass is 32.1. The zero-order valence-corrected chi connectivity index (χ0v) is 21.7. The Morgan fingerprint density at radius 2 is 1.74 bits per heavy atom. The fourth-order valence-corrected chi connectivity index (χ4v) is 5.09. The van der Waals surface area contributed by atoms with Crippen LogP contribution in [0.5, 0.6) is 0 Å². The van der Waals surface area contributed by atoms with Crippen LogP contribution >= 0.6 is 24.0 Å². The lowest BCUT2D eigenvalue weighted by Gasteiger charge is -2.17. The van der Waals surface area contributed by atoms with Crippen LogP contribution in [-0.4, -0.2) is 59.7 Å². The normalized spacial score (nSPS) is 11.2. The van der Waals surface area contributed by atoms with Crippen LogP contribution in [0.1, 0.15) is 22.5 Å². The minimum atomic E-state index is -0.0631. The zero-order valence-electron chi connectivity index (χ0n) is 20.0. The minimum Gasteiger partial charge on any atom is -0.340 e. The maximum absolute atomic E-state index is 13.2. The predicted octanol–water partition coefficient (Wildman–Crippen LogP) is 5.89. The van der Waals surface area contributed by atoms with Gasteiger partial charge >= 0.3 is 0 Å². The van der Waals surface area contributed by atoms with E-state index in [9.17, 15) is 4.79 Å². The van der Waals surface area contributed by atoms with E-state index in [0.29, 0.717) is 12.2 Å². The second-order valence-electron chi connectivity index (χ2n) is 8.71. The molecule has 0 saturated carbocycles. The van der Waals surface area contributed by atoms with Crippen LogP contribution < -0.4 is 0 Å². The second kappa shape index (κ2) is 10.6. The Morgan fingerprint density at radius 3 is 2.47 bits per heavy atom. The van der Waals surface area contributed by atoms with Crippen molar-refractivity contribution in [1.82, 2.24) is 19.6 Å². The molecule has 1 amide bonds. The molecule has 0 fully saturated rings. The summed E-state index contributed by atoms with van der Waals surface area (Å²) >= 11 is 6.17. The number of benzene rings is 2. The van der Waals surface area contributed by atoms with Crippen LogP contribution in [-0.2, 0) is 0 Å². The third-order valence-electron chi connectivity index (χ3n) is 5.71. The van der Waals surface area contributed by atoms with Crippen molar-refractivity contribution in [3.05, 3.63) is 78.0 Å². The lowest BCUT2D eigenvalue weighted by Crippen LogP contribution is -2.30. The van der Waals surface area contributed by atoms with Gasteiger partial charge in [0.15, 0.2) is 5.69 Å². The van der Waals surface area contributed by atoms with Gasteiger partial charge < -0.3 is 9.80 Å². The second-order valence-corrected chi connectivity index (χ2v) is 10.3. The molecule has 4 rings (SSSR count). The van der Waals surface area contributed by atoms with Crippen LogP contribution in [0.3, 0.4) is 0 Å². The number of rotatable bonds is 8. The number of carbonyl (C=O) groups is 1. The quantitative estimate of drug-likeness (QED) is 0.313. The van der Waals surface area contributed by atoms with Gasteiger partial charge in [0.25, 0.3) is 5.91 Å². The summed E-state index contributed by atoms with van der Waals surface area (Å²) in [4.78, 5) is 20.3. The molecule has 2 aromatic carbocycles. The number of amides is 1. The monoisotopic (exact) mass is 490 g/mol. The molecule has 0 saturated heterocycles. The van der Waals surface area contributed by atoms with Gasteiger partial charge in [-0.25, -0.2) is 4.68 Å². The lowest BCUT2D eigenvalue weighted by molar-refractivity contribution is 0.0784. The number of carbonyl (C=O) groups excluding carboxylic acids is 1. The topological polar surface area (TPSA) is 41.4 Å². The van der Waals surface area contributed by atoms with E-state index in [1.165, 1.54) is 0 Å². The summed E-state index contributed by atoms with van der Waals surface area (Å²) in [7, 11) is 5.93. The standard InChI is InChI=1S/C27H30N4OS2/c1-19-9-5-6-12-23(19)31-24(18-22(28-31)27(32)30(4)16-8-15-29(2)3)26-14-13-25(34-26)20-10-7-11-21(33)17-20/h5-7,9-14,17-18,33H,8,15-16H2,1-4H3. The van der Waals surface area contributed by atoms with Gasteiger partial charge in [-0.3, -0.25) is 4.79 Å². The number of aromatic nitrogens is 2. The van der Waals surface area contributed by atoms with Gasteiger partial charge in [0.1, 0.15) is 0 Å². The molecule has 0 aliphatic carbocycles. The highest BCUT2D eigenvalue weighted by Gasteiger charge is 2.21. The molecule has 0 radical (unpaired) electrons. The van der Waals surface area contributed by atoms with Crippen molar-refractivity contribution in [3.63, 3.8) is 0 Å². The number of thiophene rings is 1. The summed E-state index contributed by atoms with van der Waals surface area (Å²) < 4.78 is 1.90. The third-order valence-corrected chi connectivity index (χ3v) is 7.14. The molecule has 2 aromatic heterocycles. The Bertz CT molecular complexity index is 1290. The van der Waals surface area contributed by atoms with Crippen molar-refractivity contribution < 1.29 is 4.79 Å². The summed E-state index contributed by atoms with van der Waals surface area (Å²) in [6.45, 7) is 3.69. The van der Waals surface area contributed by atoms with Gasteiger partial charge in [0, 0.05) is 23.4 Å². The van der Waals surface area contributed by atoms with Crippen molar-refractivity contribution in [3.8, 4) is 26.7 Å². The first-order valence-electron chi connectivity index (χ1n) is 11.3.